The molecule has 78 valence electrons. The van der Waals surface area contributed by atoms with Gasteiger partial charge in [0.05, 0.1) is 0 Å². The van der Waals surface area contributed by atoms with Crippen molar-refractivity contribution < 1.29 is 0 Å². The second-order valence-electron chi connectivity index (χ2n) is 5.10. The number of hydrogen-bond donors (Lipinski definition) is 0. The SMILES string of the molecule is C1=CC2(CC2)C(C2C=Cc3ccccc32)=C1. The van der Waals surface area contributed by atoms with Crippen LogP contribution in [0, 0.1) is 5.41 Å². The molecule has 0 nitrogen and oxygen atoms in total. The van der Waals surface area contributed by atoms with Crippen LogP contribution in [-0.2, 0) is 0 Å². The average Bonchev–Trinajstić information content (AvgIpc) is 2.79. The Labute approximate surface area is 96.0 Å². The van der Waals surface area contributed by atoms with E-state index in [1.165, 1.54) is 24.0 Å². The van der Waals surface area contributed by atoms with Crippen LogP contribution < -0.4 is 0 Å². The van der Waals surface area contributed by atoms with E-state index in [2.05, 4.69) is 54.6 Å². The Morgan fingerprint density at radius 2 is 2.00 bits per heavy atom. The van der Waals surface area contributed by atoms with Gasteiger partial charge in [-0.3, -0.25) is 0 Å². The van der Waals surface area contributed by atoms with Gasteiger partial charge in [-0.1, -0.05) is 54.6 Å². The molecule has 1 aromatic carbocycles. The van der Waals surface area contributed by atoms with Crippen LogP contribution in [0.3, 0.4) is 0 Å². The molecule has 0 saturated heterocycles. The third-order valence-corrected chi connectivity index (χ3v) is 4.19. The van der Waals surface area contributed by atoms with E-state index in [1.54, 1.807) is 5.57 Å². The topological polar surface area (TPSA) is 0 Å². The fraction of sp³-hybridized carbons (Fsp3) is 0.250. The summed E-state index contributed by atoms with van der Waals surface area (Å²) in [7, 11) is 0. The Morgan fingerprint density at radius 1 is 1.12 bits per heavy atom. The monoisotopic (exact) mass is 206 g/mol. The maximum absolute atomic E-state index is 2.40. The van der Waals surface area contributed by atoms with E-state index in [9.17, 15) is 0 Å². The lowest BCUT2D eigenvalue weighted by Crippen LogP contribution is -2.06. The predicted molar refractivity (Wildman–Crippen MR) is 67.1 cm³/mol. The van der Waals surface area contributed by atoms with Gasteiger partial charge in [-0.2, -0.15) is 0 Å². The molecular weight excluding hydrogens is 192 g/mol. The van der Waals surface area contributed by atoms with Crippen LogP contribution >= 0.6 is 0 Å². The number of fused-ring (bicyclic) bond motifs is 1. The zero-order chi connectivity index (χ0) is 10.6. The van der Waals surface area contributed by atoms with E-state index in [-0.39, 0.29) is 0 Å². The molecule has 0 heteroatoms. The Morgan fingerprint density at radius 3 is 2.88 bits per heavy atom. The van der Waals surface area contributed by atoms with Crippen LogP contribution in [0.15, 0.2) is 54.1 Å². The first kappa shape index (κ1) is 8.58. The van der Waals surface area contributed by atoms with Crippen LogP contribution in [0.5, 0.6) is 0 Å². The molecule has 3 aliphatic carbocycles. The van der Waals surface area contributed by atoms with Crippen molar-refractivity contribution in [3.8, 4) is 0 Å². The molecule has 3 aliphatic rings. The van der Waals surface area contributed by atoms with Gasteiger partial charge in [0.25, 0.3) is 0 Å². The first-order chi connectivity index (χ1) is 7.89. The molecule has 0 radical (unpaired) electrons. The Hall–Kier alpha value is -1.56. The van der Waals surface area contributed by atoms with E-state index in [0.29, 0.717) is 11.3 Å². The highest BCUT2D eigenvalue weighted by Crippen LogP contribution is 2.60. The smallest absolute Gasteiger partial charge is 0.0249 e. The standard InChI is InChI=1S/C16H14/c1-2-5-13-12(4-1)7-8-14(13)15-6-3-9-16(15)10-11-16/h1-9,14H,10-11H2. The maximum atomic E-state index is 2.40. The van der Waals surface area contributed by atoms with E-state index in [4.69, 9.17) is 0 Å². The Kier molecular flexibility index (Phi) is 1.48. The summed E-state index contributed by atoms with van der Waals surface area (Å²) in [6.45, 7) is 0. The van der Waals surface area contributed by atoms with Crippen molar-refractivity contribution in [2.75, 3.05) is 0 Å². The summed E-state index contributed by atoms with van der Waals surface area (Å²) in [4.78, 5) is 0. The second-order valence-corrected chi connectivity index (χ2v) is 5.10. The van der Waals surface area contributed by atoms with Gasteiger partial charge < -0.3 is 0 Å². The van der Waals surface area contributed by atoms with Crippen molar-refractivity contribution in [3.63, 3.8) is 0 Å². The fourth-order valence-electron chi connectivity index (χ4n) is 3.12. The van der Waals surface area contributed by atoms with Gasteiger partial charge in [-0.25, -0.2) is 0 Å². The first-order valence-electron chi connectivity index (χ1n) is 6.06. The predicted octanol–water partition coefficient (Wildman–Crippen LogP) is 4.07. The lowest BCUT2D eigenvalue weighted by Gasteiger charge is -2.19. The molecule has 0 amide bonds. The van der Waals surface area contributed by atoms with Crippen LogP contribution in [0.2, 0.25) is 0 Å². The molecule has 0 aromatic heterocycles. The van der Waals surface area contributed by atoms with Crippen LogP contribution in [-0.4, -0.2) is 0 Å². The summed E-state index contributed by atoms with van der Waals surface area (Å²) in [5.74, 6) is 0.536. The number of benzene rings is 1. The van der Waals surface area contributed by atoms with Crippen molar-refractivity contribution in [2.24, 2.45) is 5.41 Å². The van der Waals surface area contributed by atoms with E-state index >= 15 is 0 Å². The second kappa shape index (κ2) is 2.76. The third kappa shape index (κ3) is 0.996. The van der Waals surface area contributed by atoms with Crippen molar-refractivity contribution in [2.45, 2.75) is 18.8 Å². The Balaban J connectivity index is 1.80. The van der Waals surface area contributed by atoms with E-state index in [0.717, 1.165) is 0 Å². The van der Waals surface area contributed by atoms with Gasteiger partial charge in [0.15, 0.2) is 0 Å². The van der Waals surface area contributed by atoms with Crippen molar-refractivity contribution >= 4 is 6.08 Å². The third-order valence-electron chi connectivity index (χ3n) is 4.19. The molecule has 1 unspecified atom stereocenters. The van der Waals surface area contributed by atoms with Gasteiger partial charge in [0.1, 0.15) is 0 Å². The first-order valence-corrected chi connectivity index (χ1v) is 6.06. The summed E-state index contributed by atoms with van der Waals surface area (Å²) < 4.78 is 0. The zero-order valence-electron chi connectivity index (χ0n) is 9.19. The van der Waals surface area contributed by atoms with Crippen molar-refractivity contribution in [1.82, 2.24) is 0 Å². The van der Waals surface area contributed by atoms with Gasteiger partial charge in [0.2, 0.25) is 0 Å². The molecule has 0 bridgehead atoms. The fourth-order valence-corrected chi connectivity index (χ4v) is 3.12. The minimum Gasteiger partial charge on any atom is -0.0742 e. The average molecular weight is 206 g/mol. The van der Waals surface area contributed by atoms with Crippen LogP contribution in [0.25, 0.3) is 6.08 Å². The van der Waals surface area contributed by atoms with Gasteiger partial charge in [0, 0.05) is 11.3 Å². The molecule has 0 N–H and O–H groups in total. The number of allylic oxidation sites excluding steroid dienone is 5. The molecule has 1 spiro atoms. The van der Waals surface area contributed by atoms with E-state index in [1.807, 2.05) is 0 Å². The summed E-state index contributed by atoms with van der Waals surface area (Å²) in [6, 6.07) is 8.77. The molecular formula is C16H14. The quantitative estimate of drug-likeness (QED) is 0.649. The highest BCUT2D eigenvalue weighted by atomic mass is 14.5. The minimum absolute atomic E-state index is 0.451. The molecule has 1 fully saturated rings. The largest absolute Gasteiger partial charge is 0.0742 e. The number of hydrogen-bond acceptors (Lipinski definition) is 0. The maximum Gasteiger partial charge on any atom is 0.0249 e. The summed E-state index contributed by atoms with van der Waals surface area (Å²) in [6.07, 6.45) is 14.3. The van der Waals surface area contributed by atoms with Crippen LogP contribution in [0.1, 0.15) is 29.9 Å². The lowest BCUT2D eigenvalue weighted by molar-refractivity contribution is 0.735. The highest BCUT2D eigenvalue weighted by Gasteiger charge is 2.47. The molecule has 1 atom stereocenters. The summed E-state index contributed by atoms with van der Waals surface area (Å²) in [5, 5.41) is 0. The molecule has 0 heterocycles. The molecule has 1 aromatic rings. The minimum atomic E-state index is 0.451. The molecule has 0 aliphatic heterocycles. The van der Waals surface area contributed by atoms with Gasteiger partial charge in [-0.15, -0.1) is 0 Å². The zero-order valence-corrected chi connectivity index (χ0v) is 9.19. The highest BCUT2D eigenvalue weighted by molar-refractivity contribution is 5.66. The van der Waals surface area contributed by atoms with Crippen molar-refractivity contribution in [1.29, 1.82) is 0 Å². The van der Waals surface area contributed by atoms with Gasteiger partial charge >= 0.3 is 0 Å². The Bertz CT molecular complexity index is 539. The van der Waals surface area contributed by atoms with Crippen molar-refractivity contribution in [3.05, 3.63) is 65.3 Å². The summed E-state index contributed by atoms with van der Waals surface area (Å²) >= 11 is 0. The normalized spacial score (nSPS) is 27.2. The molecule has 1 saturated carbocycles. The van der Waals surface area contributed by atoms with Gasteiger partial charge in [-0.05, 0) is 29.5 Å². The number of rotatable bonds is 1. The molecule has 16 heavy (non-hydrogen) atoms. The summed E-state index contributed by atoms with van der Waals surface area (Å²) in [5.41, 5.74) is 4.96. The van der Waals surface area contributed by atoms with E-state index < -0.39 is 0 Å². The van der Waals surface area contributed by atoms with Crippen LogP contribution in [0.4, 0.5) is 0 Å². The lowest BCUT2D eigenvalue weighted by atomic mass is 9.84. The molecule has 4 rings (SSSR count).